The Hall–Kier alpha value is -1.35. The Bertz CT molecular complexity index is 588. The molecule has 0 saturated heterocycles. The quantitative estimate of drug-likeness (QED) is 0.659. The molecule has 2 aromatic rings. The van der Waals surface area contributed by atoms with Crippen LogP contribution in [0.1, 0.15) is 33.9 Å². The predicted molar refractivity (Wildman–Crippen MR) is 85.9 cm³/mol. The van der Waals surface area contributed by atoms with Gasteiger partial charge >= 0.3 is 0 Å². The van der Waals surface area contributed by atoms with Gasteiger partial charge in [-0.2, -0.15) is 0 Å². The molecular formula is C17H21ClN2. The molecule has 106 valence electrons. The smallest absolute Gasteiger partial charge is 0.0503 e. The third-order valence-electron chi connectivity index (χ3n) is 3.61. The van der Waals surface area contributed by atoms with Gasteiger partial charge in [0.15, 0.2) is 0 Å². The molecule has 0 saturated carbocycles. The van der Waals surface area contributed by atoms with Crippen LogP contribution >= 0.6 is 11.6 Å². The van der Waals surface area contributed by atoms with Crippen molar-refractivity contribution in [3.63, 3.8) is 0 Å². The predicted octanol–water partition coefficient (Wildman–Crippen LogP) is 4.01. The molecule has 0 heterocycles. The number of nitrogens with two attached hydrogens (primary N) is 1. The van der Waals surface area contributed by atoms with Gasteiger partial charge in [0.2, 0.25) is 0 Å². The Balaban J connectivity index is 2.31. The summed E-state index contributed by atoms with van der Waals surface area (Å²) in [6, 6.07) is 12.6. The Morgan fingerprint density at radius 3 is 2.35 bits per heavy atom. The minimum atomic E-state index is 0.0647. The van der Waals surface area contributed by atoms with Gasteiger partial charge in [0.05, 0.1) is 6.04 Å². The second-order valence-electron chi connectivity index (χ2n) is 5.37. The number of hydrogen-bond acceptors (Lipinski definition) is 2. The highest BCUT2D eigenvalue weighted by molar-refractivity contribution is 6.31. The average molecular weight is 289 g/mol. The van der Waals surface area contributed by atoms with Crippen molar-refractivity contribution in [3.05, 3.63) is 69.2 Å². The number of hydrogen-bond donors (Lipinski definition) is 2. The highest BCUT2D eigenvalue weighted by atomic mass is 35.5. The van der Waals surface area contributed by atoms with E-state index in [1.807, 2.05) is 19.1 Å². The van der Waals surface area contributed by atoms with Gasteiger partial charge in [0.1, 0.15) is 0 Å². The second kappa shape index (κ2) is 6.40. The van der Waals surface area contributed by atoms with Gasteiger partial charge < -0.3 is 0 Å². The number of benzene rings is 2. The van der Waals surface area contributed by atoms with Gasteiger partial charge in [0.25, 0.3) is 0 Å². The SMILES string of the molecule is Cc1cc(C)cc(CC(NN)c2cccc(Cl)c2C)c1. The van der Waals surface area contributed by atoms with Crippen LogP contribution in [0.5, 0.6) is 0 Å². The van der Waals surface area contributed by atoms with Crippen molar-refractivity contribution >= 4 is 11.6 Å². The van der Waals surface area contributed by atoms with E-state index in [1.54, 1.807) is 0 Å². The summed E-state index contributed by atoms with van der Waals surface area (Å²) in [5.41, 5.74) is 8.99. The molecule has 2 rings (SSSR count). The lowest BCUT2D eigenvalue weighted by Crippen LogP contribution is -2.30. The molecule has 0 spiro atoms. The van der Waals surface area contributed by atoms with E-state index in [0.717, 1.165) is 22.6 Å². The van der Waals surface area contributed by atoms with E-state index in [2.05, 4.69) is 43.5 Å². The van der Waals surface area contributed by atoms with E-state index >= 15 is 0 Å². The average Bonchev–Trinajstić information content (AvgIpc) is 2.38. The number of halogens is 1. The summed E-state index contributed by atoms with van der Waals surface area (Å²) >= 11 is 6.20. The van der Waals surface area contributed by atoms with Crippen molar-refractivity contribution in [2.24, 2.45) is 5.84 Å². The van der Waals surface area contributed by atoms with E-state index in [0.29, 0.717) is 0 Å². The highest BCUT2D eigenvalue weighted by Crippen LogP contribution is 2.26. The topological polar surface area (TPSA) is 38.0 Å². The lowest BCUT2D eigenvalue weighted by atomic mass is 9.94. The van der Waals surface area contributed by atoms with E-state index < -0.39 is 0 Å². The fraction of sp³-hybridized carbons (Fsp3) is 0.294. The lowest BCUT2D eigenvalue weighted by molar-refractivity contribution is 0.549. The van der Waals surface area contributed by atoms with Crippen molar-refractivity contribution in [3.8, 4) is 0 Å². The molecule has 0 amide bonds. The number of nitrogens with one attached hydrogen (secondary N) is 1. The van der Waals surface area contributed by atoms with Crippen molar-refractivity contribution < 1.29 is 0 Å². The number of rotatable bonds is 4. The van der Waals surface area contributed by atoms with Crippen molar-refractivity contribution in [1.29, 1.82) is 0 Å². The van der Waals surface area contributed by atoms with Crippen LogP contribution in [0.3, 0.4) is 0 Å². The molecule has 0 bridgehead atoms. The van der Waals surface area contributed by atoms with Crippen LogP contribution in [-0.4, -0.2) is 0 Å². The third kappa shape index (κ3) is 3.40. The fourth-order valence-electron chi connectivity index (χ4n) is 2.68. The van der Waals surface area contributed by atoms with Gasteiger partial charge in [-0.3, -0.25) is 11.3 Å². The molecule has 2 aromatic carbocycles. The first-order valence-electron chi connectivity index (χ1n) is 6.79. The number of hydrazine groups is 1. The molecule has 0 aliphatic carbocycles. The first kappa shape index (κ1) is 15.0. The van der Waals surface area contributed by atoms with Crippen molar-refractivity contribution in [2.75, 3.05) is 0 Å². The standard InChI is InChI=1S/C17H21ClN2/c1-11-7-12(2)9-14(8-11)10-17(20-19)15-5-4-6-16(18)13(15)3/h4-9,17,20H,10,19H2,1-3H3. The van der Waals surface area contributed by atoms with Crippen LogP contribution in [0.25, 0.3) is 0 Å². The first-order valence-corrected chi connectivity index (χ1v) is 7.17. The normalized spacial score (nSPS) is 12.4. The molecule has 0 fully saturated rings. The van der Waals surface area contributed by atoms with Crippen molar-refractivity contribution in [1.82, 2.24) is 5.43 Å². The number of aryl methyl sites for hydroxylation is 2. The summed E-state index contributed by atoms with van der Waals surface area (Å²) in [4.78, 5) is 0. The van der Waals surface area contributed by atoms with Crippen molar-refractivity contribution in [2.45, 2.75) is 33.2 Å². The Morgan fingerprint density at radius 2 is 1.75 bits per heavy atom. The molecule has 0 radical (unpaired) electrons. The van der Waals surface area contributed by atoms with Crippen LogP contribution in [-0.2, 0) is 6.42 Å². The molecule has 20 heavy (non-hydrogen) atoms. The van der Waals surface area contributed by atoms with E-state index in [4.69, 9.17) is 17.4 Å². The van der Waals surface area contributed by atoms with Crippen LogP contribution in [0.15, 0.2) is 36.4 Å². The molecule has 2 nitrogen and oxygen atoms in total. The summed E-state index contributed by atoms with van der Waals surface area (Å²) in [6.45, 7) is 6.27. The van der Waals surface area contributed by atoms with Gasteiger partial charge in [-0.25, -0.2) is 0 Å². The maximum atomic E-state index is 6.20. The lowest BCUT2D eigenvalue weighted by Gasteiger charge is -2.20. The van der Waals surface area contributed by atoms with Crippen LogP contribution in [0, 0.1) is 20.8 Å². The molecule has 3 heteroatoms. The summed E-state index contributed by atoms with van der Waals surface area (Å²) in [5, 5.41) is 0.781. The maximum absolute atomic E-state index is 6.20. The monoisotopic (exact) mass is 288 g/mol. The molecule has 1 atom stereocenters. The third-order valence-corrected chi connectivity index (χ3v) is 4.02. The zero-order valence-corrected chi connectivity index (χ0v) is 13.0. The van der Waals surface area contributed by atoms with E-state index in [-0.39, 0.29) is 6.04 Å². The van der Waals surface area contributed by atoms with Gasteiger partial charge in [-0.1, -0.05) is 53.1 Å². The Morgan fingerprint density at radius 1 is 1.10 bits per heavy atom. The molecule has 0 aliphatic heterocycles. The molecule has 3 N–H and O–H groups in total. The van der Waals surface area contributed by atoms with E-state index in [1.165, 1.54) is 16.7 Å². The molecular weight excluding hydrogens is 268 g/mol. The summed E-state index contributed by atoms with van der Waals surface area (Å²) in [6.07, 6.45) is 0.847. The molecule has 1 unspecified atom stereocenters. The van der Waals surface area contributed by atoms with Gasteiger partial charge in [0, 0.05) is 5.02 Å². The Labute approximate surface area is 125 Å². The molecule has 0 aromatic heterocycles. The zero-order valence-electron chi connectivity index (χ0n) is 12.2. The van der Waals surface area contributed by atoms with Gasteiger partial charge in [-0.05, 0) is 49.9 Å². The van der Waals surface area contributed by atoms with Crippen LogP contribution < -0.4 is 11.3 Å². The molecule has 0 aliphatic rings. The Kier molecular flexibility index (Phi) is 4.81. The second-order valence-corrected chi connectivity index (χ2v) is 5.78. The maximum Gasteiger partial charge on any atom is 0.0503 e. The van der Waals surface area contributed by atoms with Crippen LogP contribution in [0.4, 0.5) is 0 Å². The zero-order chi connectivity index (χ0) is 14.7. The largest absolute Gasteiger partial charge is 0.271 e. The van der Waals surface area contributed by atoms with Crippen LogP contribution in [0.2, 0.25) is 5.02 Å². The fourth-order valence-corrected chi connectivity index (χ4v) is 2.86. The first-order chi connectivity index (χ1) is 9.51. The highest BCUT2D eigenvalue weighted by Gasteiger charge is 2.14. The van der Waals surface area contributed by atoms with E-state index in [9.17, 15) is 0 Å². The summed E-state index contributed by atoms with van der Waals surface area (Å²) < 4.78 is 0. The summed E-state index contributed by atoms with van der Waals surface area (Å²) in [7, 11) is 0. The summed E-state index contributed by atoms with van der Waals surface area (Å²) in [5.74, 6) is 5.75. The van der Waals surface area contributed by atoms with Gasteiger partial charge in [-0.15, -0.1) is 0 Å². The minimum Gasteiger partial charge on any atom is -0.271 e. The minimum absolute atomic E-state index is 0.0647.